The number of para-hydroxylation sites is 1. The predicted molar refractivity (Wildman–Crippen MR) is 101 cm³/mol. The third-order valence-corrected chi connectivity index (χ3v) is 6.51. The number of carbonyl (C=O) groups is 2. The minimum atomic E-state index is -0.288. The molecular formula is C21H25N3O3. The lowest BCUT2D eigenvalue weighted by molar-refractivity contribution is -0.142. The quantitative estimate of drug-likeness (QED) is 0.781. The molecule has 142 valence electrons. The van der Waals surface area contributed by atoms with Crippen LogP contribution in [0.3, 0.4) is 0 Å². The average Bonchev–Trinajstić information content (AvgIpc) is 2.98. The number of hydrogen-bond acceptors (Lipinski definition) is 4. The maximum atomic E-state index is 13.5. The first kappa shape index (κ1) is 16.8. The Morgan fingerprint density at radius 2 is 2.00 bits per heavy atom. The van der Waals surface area contributed by atoms with E-state index in [0.29, 0.717) is 12.0 Å². The van der Waals surface area contributed by atoms with Crippen molar-refractivity contribution in [2.45, 2.75) is 39.0 Å². The third-order valence-electron chi connectivity index (χ3n) is 6.51. The van der Waals surface area contributed by atoms with Crippen LogP contribution in [0.4, 0.5) is 0 Å². The van der Waals surface area contributed by atoms with E-state index < -0.39 is 0 Å². The Labute approximate surface area is 158 Å². The molecule has 1 aromatic heterocycles. The van der Waals surface area contributed by atoms with Gasteiger partial charge in [0.2, 0.25) is 0 Å². The highest BCUT2D eigenvalue weighted by Gasteiger charge is 2.40. The minimum Gasteiger partial charge on any atom is -0.461 e. The van der Waals surface area contributed by atoms with Crippen molar-refractivity contribution < 1.29 is 14.3 Å². The lowest BCUT2D eigenvalue weighted by Crippen LogP contribution is -2.58. The van der Waals surface area contributed by atoms with Gasteiger partial charge in [0.05, 0.1) is 11.1 Å². The van der Waals surface area contributed by atoms with Gasteiger partial charge in [-0.3, -0.25) is 9.59 Å². The average molecular weight is 367 g/mol. The minimum absolute atomic E-state index is 0.148. The maximum absolute atomic E-state index is 13.5. The normalized spacial score (nSPS) is 27.1. The van der Waals surface area contributed by atoms with Crippen LogP contribution in [0.25, 0.3) is 10.9 Å². The largest absolute Gasteiger partial charge is 0.461 e. The first-order valence-electron chi connectivity index (χ1n) is 9.89. The second-order valence-corrected chi connectivity index (χ2v) is 8.03. The number of aromatic nitrogens is 1. The molecule has 4 aliphatic heterocycles. The zero-order valence-electron chi connectivity index (χ0n) is 15.7. The summed E-state index contributed by atoms with van der Waals surface area (Å²) in [6.07, 6.45) is 4.46. The molecule has 2 aromatic rings. The standard InChI is InChI=1S/C21H25N3O3/c1-14(25)27-13-16-11-23-9-10-24(19-12-22-7-5-15(19)6-8-22)21(26)18-4-2-3-17(16)20(18)23/h2-4,11,15,19H,5-10,12-13H2,1H3/t19-/m1/s1. The van der Waals surface area contributed by atoms with E-state index in [0.717, 1.165) is 41.7 Å². The van der Waals surface area contributed by atoms with Crippen molar-refractivity contribution in [1.82, 2.24) is 14.4 Å². The van der Waals surface area contributed by atoms with E-state index in [2.05, 4.69) is 14.4 Å². The summed E-state index contributed by atoms with van der Waals surface area (Å²) in [7, 11) is 0. The number of esters is 1. The van der Waals surface area contributed by atoms with Crippen molar-refractivity contribution in [1.29, 1.82) is 0 Å². The number of piperidine rings is 3. The van der Waals surface area contributed by atoms with E-state index in [1.807, 2.05) is 24.4 Å². The molecule has 0 saturated carbocycles. The van der Waals surface area contributed by atoms with Crippen LogP contribution >= 0.6 is 0 Å². The van der Waals surface area contributed by atoms with Gasteiger partial charge in [0.15, 0.2) is 0 Å². The van der Waals surface area contributed by atoms with Crippen molar-refractivity contribution in [3.63, 3.8) is 0 Å². The number of fused-ring (bicyclic) bond motifs is 3. The molecule has 6 rings (SSSR count). The number of ether oxygens (including phenoxy) is 1. The van der Waals surface area contributed by atoms with Crippen molar-refractivity contribution in [3.05, 3.63) is 35.5 Å². The Kier molecular flexibility index (Phi) is 3.97. The summed E-state index contributed by atoms with van der Waals surface area (Å²) in [4.78, 5) is 29.3. The van der Waals surface area contributed by atoms with E-state index in [9.17, 15) is 9.59 Å². The van der Waals surface area contributed by atoms with E-state index >= 15 is 0 Å². The van der Waals surface area contributed by atoms with Crippen molar-refractivity contribution in [3.8, 4) is 0 Å². The predicted octanol–water partition coefficient (Wildman–Crippen LogP) is 2.25. The number of hydrogen-bond donors (Lipinski definition) is 0. The second kappa shape index (κ2) is 6.37. The molecule has 6 nitrogen and oxygen atoms in total. The van der Waals surface area contributed by atoms with Gasteiger partial charge in [0.25, 0.3) is 5.91 Å². The lowest BCUT2D eigenvalue weighted by atomic mass is 9.83. The van der Waals surface area contributed by atoms with Gasteiger partial charge in [0.1, 0.15) is 6.61 Å². The van der Waals surface area contributed by atoms with E-state index in [1.54, 1.807) is 0 Å². The summed E-state index contributed by atoms with van der Waals surface area (Å²) < 4.78 is 7.38. The summed E-state index contributed by atoms with van der Waals surface area (Å²) in [6, 6.07) is 6.24. The highest BCUT2D eigenvalue weighted by molar-refractivity contribution is 6.07. The number of rotatable bonds is 3. The molecule has 5 heterocycles. The number of amides is 1. The second-order valence-electron chi connectivity index (χ2n) is 8.03. The Bertz CT molecular complexity index is 911. The van der Waals surface area contributed by atoms with E-state index in [4.69, 9.17) is 4.74 Å². The Morgan fingerprint density at radius 1 is 1.19 bits per heavy atom. The van der Waals surface area contributed by atoms with Crippen LogP contribution in [0.2, 0.25) is 0 Å². The fourth-order valence-corrected chi connectivity index (χ4v) is 5.15. The van der Waals surface area contributed by atoms with Gasteiger partial charge in [-0.1, -0.05) is 12.1 Å². The summed E-state index contributed by atoms with van der Waals surface area (Å²) in [6.45, 7) is 6.56. The summed E-state index contributed by atoms with van der Waals surface area (Å²) in [5, 5.41) is 1.01. The molecule has 27 heavy (non-hydrogen) atoms. The van der Waals surface area contributed by atoms with Gasteiger partial charge in [-0.25, -0.2) is 0 Å². The number of benzene rings is 1. The van der Waals surface area contributed by atoms with Crippen molar-refractivity contribution >= 4 is 22.8 Å². The summed E-state index contributed by atoms with van der Waals surface area (Å²) in [5.41, 5.74) is 2.72. The topological polar surface area (TPSA) is 54.8 Å². The third kappa shape index (κ3) is 2.74. The zero-order chi connectivity index (χ0) is 18.5. The van der Waals surface area contributed by atoms with Crippen LogP contribution in [0.1, 0.15) is 35.7 Å². The molecule has 1 amide bonds. The van der Waals surface area contributed by atoms with Gasteiger partial charge in [-0.2, -0.15) is 0 Å². The molecule has 0 aliphatic carbocycles. The molecule has 1 aromatic carbocycles. The monoisotopic (exact) mass is 367 g/mol. The van der Waals surface area contributed by atoms with Crippen molar-refractivity contribution in [2.75, 3.05) is 26.2 Å². The molecule has 0 radical (unpaired) electrons. The van der Waals surface area contributed by atoms with Gasteiger partial charge in [-0.15, -0.1) is 0 Å². The SMILES string of the molecule is CC(=O)OCc1cn2c3c(cccc13)C(=O)N([C@@H]1CN3CCC1CC3)CC2. The highest BCUT2D eigenvalue weighted by atomic mass is 16.5. The molecule has 1 atom stereocenters. The number of carbonyl (C=O) groups excluding carboxylic acids is 2. The van der Waals surface area contributed by atoms with Gasteiger partial charge in [-0.05, 0) is 37.9 Å². The molecular weight excluding hydrogens is 342 g/mol. The molecule has 2 bridgehead atoms. The highest BCUT2D eigenvalue weighted by Crippen LogP contribution is 2.34. The van der Waals surface area contributed by atoms with Crippen LogP contribution in [-0.2, 0) is 22.7 Å². The smallest absolute Gasteiger partial charge is 0.302 e. The van der Waals surface area contributed by atoms with Gasteiger partial charge >= 0.3 is 5.97 Å². The molecule has 3 saturated heterocycles. The first-order valence-corrected chi connectivity index (χ1v) is 9.89. The summed E-state index contributed by atoms with van der Waals surface area (Å²) >= 11 is 0. The molecule has 6 heteroatoms. The van der Waals surface area contributed by atoms with Gasteiger partial charge < -0.3 is 19.1 Å². The molecule has 4 aliphatic rings. The molecule has 3 fully saturated rings. The van der Waals surface area contributed by atoms with E-state index in [1.165, 1.54) is 32.9 Å². The van der Waals surface area contributed by atoms with Crippen LogP contribution in [-0.4, -0.2) is 58.5 Å². The maximum Gasteiger partial charge on any atom is 0.302 e. The van der Waals surface area contributed by atoms with Crippen LogP contribution < -0.4 is 0 Å². The van der Waals surface area contributed by atoms with Gasteiger partial charge in [0, 0.05) is 49.7 Å². The van der Waals surface area contributed by atoms with Crippen molar-refractivity contribution in [2.24, 2.45) is 5.92 Å². The van der Waals surface area contributed by atoms with Crippen LogP contribution in [0.15, 0.2) is 24.4 Å². The Hall–Kier alpha value is -2.34. The first-order chi connectivity index (χ1) is 13.1. The Balaban J connectivity index is 1.51. The molecule has 0 unspecified atom stereocenters. The number of nitrogens with zero attached hydrogens (tertiary/aromatic N) is 3. The zero-order valence-corrected chi connectivity index (χ0v) is 15.7. The fourth-order valence-electron chi connectivity index (χ4n) is 5.15. The Morgan fingerprint density at radius 3 is 2.70 bits per heavy atom. The fraction of sp³-hybridized carbons (Fsp3) is 0.524. The lowest BCUT2D eigenvalue weighted by Gasteiger charge is -2.48. The van der Waals surface area contributed by atoms with Crippen LogP contribution in [0.5, 0.6) is 0 Å². The van der Waals surface area contributed by atoms with E-state index in [-0.39, 0.29) is 18.5 Å². The summed E-state index contributed by atoms with van der Waals surface area (Å²) in [5.74, 6) is 0.495. The molecule has 0 N–H and O–H groups in total. The molecule has 0 spiro atoms. The van der Waals surface area contributed by atoms with Crippen LogP contribution in [0, 0.1) is 5.92 Å².